The van der Waals surface area contributed by atoms with Gasteiger partial charge in [-0.1, -0.05) is 30.3 Å². The lowest BCUT2D eigenvalue weighted by Crippen LogP contribution is -2.43. The summed E-state index contributed by atoms with van der Waals surface area (Å²) in [5, 5.41) is 6.36. The summed E-state index contributed by atoms with van der Waals surface area (Å²) in [6.07, 6.45) is 3.11. The summed E-state index contributed by atoms with van der Waals surface area (Å²) in [7, 11) is 0. The van der Waals surface area contributed by atoms with Gasteiger partial charge < -0.3 is 21.1 Å². The third-order valence-corrected chi connectivity index (χ3v) is 4.89. The molecule has 8 heteroatoms. The Morgan fingerprint density at radius 1 is 1.00 bits per heavy atom. The van der Waals surface area contributed by atoms with Crippen molar-refractivity contribution >= 4 is 24.1 Å². The molecule has 1 amide bonds. The maximum atomic E-state index is 12.9. The maximum absolute atomic E-state index is 12.9. The van der Waals surface area contributed by atoms with E-state index in [0.29, 0.717) is 11.3 Å². The van der Waals surface area contributed by atoms with Crippen molar-refractivity contribution in [3.63, 3.8) is 0 Å². The van der Waals surface area contributed by atoms with E-state index in [1.165, 1.54) is 6.33 Å². The van der Waals surface area contributed by atoms with Crippen molar-refractivity contribution in [2.45, 2.75) is 18.9 Å². The number of nitrogens with one attached hydrogen (secondary N) is 2. The Balaban J connectivity index is 0.00000256. The molecule has 0 saturated carbocycles. The molecular weight excluding hydrogens is 402 g/mol. The van der Waals surface area contributed by atoms with Crippen LogP contribution in [0.1, 0.15) is 23.3 Å². The van der Waals surface area contributed by atoms with Crippen molar-refractivity contribution in [2.75, 3.05) is 18.8 Å². The molecule has 7 nitrogen and oxygen atoms in total. The van der Waals surface area contributed by atoms with Gasteiger partial charge in [-0.15, -0.1) is 12.4 Å². The first-order valence-electron chi connectivity index (χ1n) is 9.66. The second kappa shape index (κ2) is 10.0. The van der Waals surface area contributed by atoms with E-state index >= 15 is 0 Å². The highest BCUT2D eigenvalue weighted by atomic mass is 35.5. The number of carbonyl (C=O) groups excluding carboxylic acids is 1. The van der Waals surface area contributed by atoms with Gasteiger partial charge >= 0.3 is 0 Å². The summed E-state index contributed by atoms with van der Waals surface area (Å²) in [5.41, 5.74) is 7.69. The van der Waals surface area contributed by atoms with Crippen molar-refractivity contribution in [1.82, 2.24) is 20.6 Å². The van der Waals surface area contributed by atoms with Crippen LogP contribution >= 0.6 is 12.4 Å². The second-order valence-electron chi connectivity index (χ2n) is 6.92. The molecule has 30 heavy (non-hydrogen) atoms. The molecule has 4 rings (SSSR count). The summed E-state index contributed by atoms with van der Waals surface area (Å²) in [5.74, 6) is 1.48. The van der Waals surface area contributed by atoms with Crippen LogP contribution < -0.4 is 21.1 Å². The minimum Gasteiger partial charge on any atom is -0.457 e. The zero-order chi connectivity index (χ0) is 20.1. The molecule has 1 aromatic heterocycles. The molecule has 0 aliphatic carbocycles. The van der Waals surface area contributed by atoms with E-state index in [1.807, 2.05) is 54.6 Å². The van der Waals surface area contributed by atoms with Crippen molar-refractivity contribution in [3.05, 3.63) is 66.6 Å². The Hall–Kier alpha value is -3.16. The Bertz CT molecular complexity index is 977. The van der Waals surface area contributed by atoms with Crippen LogP contribution in [0.15, 0.2) is 60.9 Å². The number of piperidine rings is 1. The molecule has 2 aromatic carbocycles. The van der Waals surface area contributed by atoms with E-state index in [1.54, 1.807) is 0 Å². The third-order valence-electron chi connectivity index (χ3n) is 4.89. The second-order valence-corrected chi connectivity index (χ2v) is 6.92. The Kier molecular flexibility index (Phi) is 7.21. The fraction of sp³-hybridized carbons (Fsp3) is 0.227. The number of rotatable bonds is 5. The van der Waals surface area contributed by atoms with Crippen LogP contribution in [0.4, 0.5) is 5.82 Å². The number of hydrogen-bond acceptors (Lipinski definition) is 6. The number of carbonyl (C=O) groups is 1. The molecule has 1 aliphatic rings. The molecule has 4 N–H and O–H groups in total. The van der Waals surface area contributed by atoms with Gasteiger partial charge in [-0.2, -0.15) is 0 Å². The van der Waals surface area contributed by atoms with Crippen LogP contribution in [0.5, 0.6) is 11.5 Å². The normalized spacial score (nSPS) is 13.9. The molecule has 1 saturated heterocycles. The van der Waals surface area contributed by atoms with Crippen LogP contribution in [-0.4, -0.2) is 35.0 Å². The van der Waals surface area contributed by atoms with E-state index in [-0.39, 0.29) is 35.9 Å². The molecule has 1 aliphatic heterocycles. The standard InChI is InChI=1S/C22H23N5O2.ClH/c23-21-19(15-6-8-18(9-7-15)29-17-4-2-1-3-5-17)20(25-14-26-21)22(28)27-16-10-12-24-13-11-16;/h1-9,14,16,24H,10-13H2,(H,27,28)(H2,23,25,26);1H. The van der Waals surface area contributed by atoms with E-state index in [0.717, 1.165) is 37.2 Å². The highest BCUT2D eigenvalue weighted by Gasteiger charge is 2.22. The summed E-state index contributed by atoms with van der Waals surface area (Å²) in [4.78, 5) is 21.2. The fourth-order valence-corrected chi connectivity index (χ4v) is 3.39. The lowest BCUT2D eigenvalue weighted by atomic mass is 10.0. The summed E-state index contributed by atoms with van der Waals surface area (Å²) in [6, 6.07) is 17.1. The topological polar surface area (TPSA) is 102 Å². The Labute approximate surface area is 181 Å². The fourth-order valence-electron chi connectivity index (χ4n) is 3.39. The lowest BCUT2D eigenvalue weighted by molar-refractivity contribution is 0.0925. The summed E-state index contributed by atoms with van der Waals surface area (Å²) < 4.78 is 5.83. The number of ether oxygens (including phenoxy) is 1. The smallest absolute Gasteiger partial charge is 0.270 e. The van der Waals surface area contributed by atoms with Crippen LogP contribution in [-0.2, 0) is 0 Å². The Morgan fingerprint density at radius 3 is 2.37 bits per heavy atom. The third kappa shape index (κ3) is 5.06. The number of aromatic nitrogens is 2. The highest BCUT2D eigenvalue weighted by molar-refractivity contribution is 6.01. The first-order chi connectivity index (χ1) is 14.2. The summed E-state index contributed by atoms with van der Waals surface area (Å²) >= 11 is 0. The highest BCUT2D eigenvalue weighted by Crippen LogP contribution is 2.30. The van der Waals surface area contributed by atoms with Gasteiger partial charge in [-0.3, -0.25) is 4.79 Å². The van der Waals surface area contributed by atoms with Gasteiger partial charge in [-0.25, -0.2) is 9.97 Å². The monoisotopic (exact) mass is 425 g/mol. The van der Waals surface area contributed by atoms with Crippen LogP contribution in [0.25, 0.3) is 11.1 Å². The predicted octanol–water partition coefficient (Wildman–Crippen LogP) is 3.42. The minimum absolute atomic E-state index is 0. The van der Waals surface area contributed by atoms with E-state index in [4.69, 9.17) is 10.5 Å². The van der Waals surface area contributed by atoms with Gasteiger partial charge in [0, 0.05) is 6.04 Å². The molecule has 0 bridgehead atoms. The largest absolute Gasteiger partial charge is 0.457 e. The summed E-state index contributed by atoms with van der Waals surface area (Å²) in [6.45, 7) is 1.79. The number of para-hydroxylation sites is 1. The molecule has 0 spiro atoms. The van der Waals surface area contributed by atoms with E-state index in [2.05, 4.69) is 20.6 Å². The number of nitrogens with zero attached hydrogens (tertiary/aromatic N) is 2. The number of amides is 1. The molecule has 2 heterocycles. The number of nitrogens with two attached hydrogens (primary N) is 1. The first kappa shape index (κ1) is 21.5. The van der Waals surface area contributed by atoms with Gasteiger partial charge in [-0.05, 0) is 55.8 Å². The molecule has 0 atom stereocenters. The molecular formula is C22H24ClN5O2. The van der Waals surface area contributed by atoms with Crippen molar-refractivity contribution in [1.29, 1.82) is 0 Å². The van der Waals surface area contributed by atoms with Gasteiger partial charge in [0.2, 0.25) is 0 Å². The molecule has 156 valence electrons. The average molecular weight is 426 g/mol. The number of anilines is 1. The van der Waals surface area contributed by atoms with Crippen LogP contribution in [0.2, 0.25) is 0 Å². The lowest BCUT2D eigenvalue weighted by Gasteiger charge is -2.24. The van der Waals surface area contributed by atoms with Crippen molar-refractivity contribution in [3.8, 4) is 22.6 Å². The first-order valence-corrected chi connectivity index (χ1v) is 9.66. The van der Waals surface area contributed by atoms with Gasteiger partial charge in [0.1, 0.15) is 29.3 Å². The minimum atomic E-state index is -0.231. The molecule has 0 radical (unpaired) electrons. The number of halogens is 1. The Morgan fingerprint density at radius 2 is 1.67 bits per heavy atom. The quantitative estimate of drug-likeness (QED) is 0.578. The van der Waals surface area contributed by atoms with Crippen molar-refractivity contribution in [2.24, 2.45) is 0 Å². The molecule has 0 unspecified atom stereocenters. The van der Waals surface area contributed by atoms with Crippen molar-refractivity contribution < 1.29 is 9.53 Å². The van der Waals surface area contributed by atoms with E-state index < -0.39 is 0 Å². The molecule has 1 fully saturated rings. The number of hydrogen-bond donors (Lipinski definition) is 3. The SMILES string of the molecule is Cl.Nc1ncnc(C(=O)NC2CCNCC2)c1-c1ccc(Oc2ccccc2)cc1. The molecule has 3 aromatic rings. The number of nitrogen functional groups attached to an aromatic ring is 1. The van der Waals surface area contributed by atoms with Gasteiger partial charge in [0.25, 0.3) is 5.91 Å². The number of benzene rings is 2. The zero-order valence-electron chi connectivity index (χ0n) is 16.4. The van der Waals surface area contributed by atoms with Gasteiger partial charge in [0.15, 0.2) is 0 Å². The average Bonchev–Trinajstić information content (AvgIpc) is 2.76. The van der Waals surface area contributed by atoms with Gasteiger partial charge in [0.05, 0.1) is 5.56 Å². The van der Waals surface area contributed by atoms with Crippen LogP contribution in [0.3, 0.4) is 0 Å². The zero-order valence-corrected chi connectivity index (χ0v) is 17.2. The maximum Gasteiger partial charge on any atom is 0.270 e. The van der Waals surface area contributed by atoms with E-state index in [9.17, 15) is 4.79 Å². The predicted molar refractivity (Wildman–Crippen MR) is 119 cm³/mol. The van der Waals surface area contributed by atoms with Crippen LogP contribution in [0, 0.1) is 0 Å².